The quantitative estimate of drug-likeness (QED) is 0.472. The van der Waals surface area contributed by atoms with Gasteiger partial charge in [-0.05, 0) is 11.1 Å². The van der Waals surface area contributed by atoms with Crippen LogP contribution in [-0.4, -0.2) is 37.9 Å². The molecule has 2 nitrogen and oxygen atoms in total. The number of benzene rings is 2. The first kappa shape index (κ1) is 19.4. The van der Waals surface area contributed by atoms with E-state index < -0.39 is 0 Å². The van der Waals surface area contributed by atoms with Crippen LogP contribution in [0.2, 0.25) is 0 Å². The van der Waals surface area contributed by atoms with Gasteiger partial charge in [0, 0.05) is 23.0 Å². The van der Waals surface area contributed by atoms with Crippen molar-refractivity contribution >= 4 is 23.5 Å². The first-order valence-electron chi connectivity index (χ1n) is 8.34. The molecule has 2 aromatic rings. The van der Waals surface area contributed by atoms with Crippen LogP contribution < -0.4 is 0 Å². The molecule has 0 aliphatic heterocycles. The fraction of sp³-hybridized carbons (Fsp3) is 0.400. The highest BCUT2D eigenvalue weighted by atomic mass is 32.2. The SMILES string of the molecule is c1ccc(CSCCOCCOCCSCc2ccccc2)cc1. The number of rotatable bonds is 13. The molecule has 4 heteroatoms. The number of ether oxygens (including phenoxy) is 2. The second kappa shape index (κ2) is 13.4. The Balaban J connectivity index is 1.32. The van der Waals surface area contributed by atoms with Gasteiger partial charge in [-0.2, -0.15) is 23.5 Å². The van der Waals surface area contributed by atoms with Crippen molar-refractivity contribution in [3.8, 4) is 0 Å². The van der Waals surface area contributed by atoms with Crippen molar-refractivity contribution in [3.63, 3.8) is 0 Å². The van der Waals surface area contributed by atoms with Crippen LogP contribution in [-0.2, 0) is 21.0 Å². The lowest BCUT2D eigenvalue weighted by Crippen LogP contribution is -2.08. The fourth-order valence-corrected chi connectivity index (χ4v) is 3.70. The zero-order valence-corrected chi connectivity index (χ0v) is 15.7. The Kier molecular flexibility index (Phi) is 10.8. The summed E-state index contributed by atoms with van der Waals surface area (Å²) in [6.45, 7) is 2.97. The van der Waals surface area contributed by atoms with Gasteiger partial charge in [-0.1, -0.05) is 60.7 Å². The molecular weight excluding hydrogens is 336 g/mol. The van der Waals surface area contributed by atoms with Crippen LogP contribution in [0.15, 0.2) is 60.7 Å². The second-order valence-electron chi connectivity index (χ2n) is 5.30. The Morgan fingerprint density at radius 3 is 1.38 bits per heavy atom. The van der Waals surface area contributed by atoms with E-state index in [9.17, 15) is 0 Å². The van der Waals surface area contributed by atoms with Gasteiger partial charge in [0.25, 0.3) is 0 Å². The third kappa shape index (κ3) is 9.38. The van der Waals surface area contributed by atoms with Crippen LogP contribution in [0.5, 0.6) is 0 Å². The fourth-order valence-electron chi connectivity index (χ4n) is 2.09. The summed E-state index contributed by atoms with van der Waals surface area (Å²) < 4.78 is 11.2. The van der Waals surface area contributed by atoms with Gasteiger partial charge in [0.1, 0.15) is 0 Å². The second-order valence-corrected chi connectivity index (χ2v) is 7.51. The molecular formula is C20H26O2S2. The number of thioether (sulfide) groups is 2. The van der Waals surface area contributed by atoms with Gasteiger partial charge in [0.2, 0.25) is 0 Å². The molecule has 0 saturated heterocycles. The van der Waals surface area contributed by atoms with Crippen LogP contribution in [0.1, 0.15) is 11.1 Å². The molecule has 0 spiro atoms. The molecule has 0 unspecified atom stereocenters. The van der Waals surface area contributed by atoms with Crippen molar-refractivity contribution in [1.82, 2.24) is 0 Å². The van der Waals surface area contributed by atoms with Crippen molar-refractivity contribution in [2.45, 2.75) is 11.5 Å². The van der Waals surface area contributed by atoms with Gasteiger partial charge in [0.15, 0.2) is 0 Å². The van der Waals surface area contributed by atoms with Gasteiger partial charge in [-0.25, -0.2) is 0 Å². The molecule has 0 saturated carbocycles. The summed E-state index contributed by atoms with van der Waals surface area (Å²) in [6, 6.07) is 21.1. The van der Waals surface area contributed by atoms with Crippen LogP contribution in [0.4, 0.5) is 0 Å². The molecule has 2 rings (SSSR count). The van der Waals surface area contributed by atoms with E-state index in [1.54, 1.807) is 0 Å². The Hall–Kier alpha value is -0.940. The third-order valence-corrected chi connectivity index (χ3v) is 5.32. The Morgan fingerprint density at radius 2 is 0.958 bits per heavy atom. The molecule has 0 bridgehead atoms. The van der Waals surface area contributed by atoms with E-state index in [4.69, 9.17) is 9.47 Å². The van der Waals surface area contributed by atoms with E-state index >= 15 is 0 Å². The predicted octanol–water partition coefficient (Wildman–Crippen LogP) is 4.89. The molecule has 130 valence electrons. The summed E-state index contributed by atoms with van der Waals surface area (Å²) >= 11 is 3.82. The highest BCUT2D eigenvalue weighted by molar-refractivity contribution is 7.98. The summed E-state index contributed by atoms with van der Waals surface area (Å²) in [7, 11) is 0. The van der Waals surface area contributed by atoms with Gasteiger partial charge in [-0.15, -0.1) is 0 Å². The smallest absolute Gasteiger partial charge is 0.0700 e. The van der Waals surface area contributed by atoms with Crippen LogP contribution >= 0.6 is 23.5 Å². The van der Waals surface area contributed by atoms with Crippen LogP contribution in [0.25, 0.3) is 0 Å². The molecule has 0 aromatic heterocycles. The van der Waals surface area contributed by atoms with Gasteiger partial charge < -0.3 is 9.47 Å². The average molecular weight is 363 g/mol. The summed E-state index contributed by atoms with van der Waals surface area (Å²) in [6.07, 6.45) is 0. The predicted molar refractivity (Wildman–Crippen MR) is 107 cm³/mol. The van der Waals surface area contributed by atoms with Crippen molar-refractivity contribution in [3.05, 3.63) is 71.8 Å². The Bertz CT molecular complexity index is 470. The first-order chi connectivity index (χ1) is 11.9. The molecule has 2 aromatic carbocycles. The molecule has 0 aliphatic rings. The minimum absolute atomic E-state index is 0.690. The molecule has 0 N–H and O–H groups in total. The molecule has 24 heavy (non-hydrogen) atoms. The van der Waals surface area contributed by atoms with Crippen molar-refractivity contribution in [2.24, 2.45) is 0 Å². The van der Waals surface area contributed by atoms with E-state index in [1.165, 1.54) is 11.1 Å². The summed E-state index contributed by atoms with van der Waals surface area (Å²) in [5.74, 6) is 4.17. The normalized spacial score (nSPS) is 10.8. The largest absolute Gasteiger partial charge is 0.378 e. The molecule has 0 atom stereocenters. The number of hydrogen-bond donors (Lipinski definition) is 0. The van der Waals surface area contributed by atoms with Crippen LogP contribution in [0, 0.1) is 0 Å². The minimum Gasteiger partial charge on any atom is -0.378 e. The monoisotopic (exact) mass is 362 g/mol. The van der Waals surface area contributed by atoms with Crippen molar-refractivity contribution in [1.29, 1.82) is 0 Å². The van der Waals surface area contributed by atoms with E-state index in [0.29, 0.717) is 13.2 Å². The lowest BCUT2D eigenvalue weighted by atomic mass is 10.2. The molecule has 0 amide bonds. The summed E-state index contributed by atoms with van der Waals surface area (Å²) in [5.41, 5.74) is 2.75. The minimum atomic E-state index is 0.690. The van der Waals surface area contributed by atoms with Crippen molar-refractivity contribution < 1.29 is 9.47 Å². The Morgan fingerprint density at radius 1 is 0.542 bits per heavy atom. The van der Waals surface area contributed by atoms with Crippen molar-refractivity contribution in [2.75, 3.05) is 37.9 Å². The topological polar surface area (TPSA) is 18.5 Å². The summed E-state index contributed by atoms with van der Waals surface area (Å²) in [4.78, 5) is 0. The average Bonchev–Trinajstić information content (AvgIpc) is 2.64. The molecule has 0 aliphatic carbocycles. The third-order valence-electron chi connectivity index (χ3n) is 3.34. The van der Waals surface area contributed by atoms with E-state index in [0.717, 1.165) is 36.2 Å². The maximum Gasteiger partial charge on any atom is 0.0700 e. The van der Waals surface area contributed by atoms with E-state index in [-0.39, 0.29) is 0 Å². The van der Waals surface area contributed by atoms with E-state index in [2.05, 4.69) is 60.7 Å². The summed E-state index contributed by atoms with van der Waals surface area (Å²) in [5, 5.41) is 0. The lowest BCUT2D eigenvalue weighted by Gasteiger charge is -2.06. The maximum atomic E-state index is 5.59. The maximum absolute atomic E-state index is 5.59. The highest BCUT2D eigenvalue weighted by Crippen LogP contribution is 2.12. The standard InChI is InChI=1S/C20H26O2S2/c1-3-7-19(8-4-1)17-23-15-13-21-11-12-22-14-16-24-18-20-9-5-2-6-10-20/h1-10H,11-18H2. The highest BCUT2D eigenvalue weighted by Gasteiger charge is 1.95. The van der Waals surface area contributed by atoms with Gasteiger partial charge in [0.05, 0.1) is 26.4 Å². The zero-order valence-electron chi connectivity index (χ0n) is 14.1. The van der Waals surface area contributed by atoms with Gasteiger partial charge >= 0.3 is 0 Å². The van der Waals surface area contributed by atoms with Gasteiger partial charge in [-0.3, -0.25) is 0 Å². The number of hydrogen-bond acceptors (Lipinski definition) is 4. The molecule has 0 radical (unpaired) electrons. The van der Waals surface area contributed by atoms with E-state index in [1.807, 2.05) is 23.5 Å². The molecule has 0 fully saturated rings. The first-order valence-corrected chi connectivity index (χ1v) is 10.6. The molecule has 0 heterocycles. The lowest BCUT2D eigenvalue weighted by molar-refractivity contribution is 0.0605. The zero-order chi connectivity index (χ0) is 16.7. The van der Waals surface area contributed by atoms with Crippen LogP contribution in [0.3, 0.4) is 0 Å². The Labute approximate surface area is 154 Å².